The van der Waals surface area contributed by atoms with Gasteiger partial charge in [-0.3, -0.25) is 15.0 Å². The maximum atomic E-state index is 12.9. The van der Waals surface area contributed by atoms with Gasteiger partial charge in [0.15, 0.2) is 5.78 Å². The number of Topliss-reactive ketones (excluding diaryl/α,β-unsaturated/α-hetero) is 1. The highest BCUT2D eigenvalue weighted by Crippen LogP contribution is 2.23. The number of piperazine rings is 2. The summed E-state index contributed by atoms with van der Waals surface area (Å²) < 4.78 is 5.62. The van der Waals surface area contributed by atoms with Crippen LogP contribution in [0.1, 0.15) is 12.8 Å². The van der Waals surface area contributed by atoms with E-state index < -0.39 is 5.66 Å². The van der Waals surface area contributed by atoms with Crippen molar-refractivity contribution in [2.24, 2.45) is 0 Å². The molecule has 6 heteroatoms. The smallest absolute Gasteiger partial charge is 0.197 e. The highest BCUT2D eigenvalue weighted by atomic mass is 16.5. The third-order valence-corrected chi connectivity index (χ3v) is 4.39. The molecule has 0 aliphatic carbocycles. The van der Waals surface area contributed by atoms with Crippen LogP contribution in [0.2, 0.25) is 0 Å². The molecular weight excluding hydrogens is 244 g/mol. The number of ether oxygens (including phenoxy) is 1. The summed E-state index contributed by atoms with van der Waals surface area (Å²) in [6, 6.07) is 0. The Hall–Kier alpha value is -0.530. The van der Waals surface area contributed by atoms with Crippen molar-refractivity contribution < 1.29 is 9.53 Å². The van der Waals surface area contributed by atoms with E-state index in [0.717, 1.165) is 58.7 Å². The molecule has 3 rings (SSSR count). The van der Waals surface area contributed by atoms with Crippen molar-refractivity contribution >= 4 is 5.78 Å². The van der Waals surface area contributed by atoms with Crippen LogP contribution in [0.15, 0.2) is 0 Å². The fourth-order valence-electron chi connectivity index (χ4n) is 3.34. The Morgan fingerprint density at radius 1 is 1.16 bits per heavy atom. The number of carbonyl (C=O) groups is 1. The number of nitrogens with one attached hydrogen (secondary N) is 3. The summed E-state index contributed by atoms with van der Waals surface area (Å²) in [4.78, 5) is 15.2. The van der Waals surface area contributed by atoms with E-state index in [1.165, 1.54) is 0 Å². The Labute approximate surface area is 114 Å². The largest absolute Gasteiger partial charge is 0.370 e. The second-order valence-corrected chi connectivity index (χ2v) is 5.57. The highest BCUT2D eigenvalue weighted by Gasteiger charge is 2.48. The van der Waals surface area contributed by atoms with Gasteiger partial charge in [0.25, 0.3) is 0 Å². The molecule has 3 fully saturated rings. The predicted octanol–water partition coefficient (Wildman–Crippen LogP) is -1.47. The maximum absolute atomic E-state index is 12.9. The van der Waals surface area contributed by atoms with Crippen molar-refractivity contribution in [1.29, 1.82) is 0 Å². The molecule has 0 aromatic rings. The molecule has 2 atom stereocenters. The molecule has 0 amide bonds. The van der Waals surface area contributed by atoms with Gasteiger partial charge in [0, 0.05) is 52.4 Å². The van der Waals surface area contributed by atoms with Crippen molar-refractivity contribution in [3.05, 3.63) is 0 Å². The molecule has 3 aliphatic heterocycles. The minimum Gasteiger partial charge on any atom is -0.370 e. The molecule has 0 aromatic carbocycles. The van der Waals surface area contributed by atoms with Crippen molar-refractivity contribution in [1.82, 2.24) is 20.9 Å². The van der Waals surface area contributed by atoms with Gasteiger partial charge in [0.1, 0.15) is 11.8 Å². The quantitative estimate of drug-likeness (QED) is 0.581. The summed E-state index contributed by atoms with van der Waals surface area (Å²) in [6.07, 6.45) is 1.65. The van der Waals surface area contributed by atoms with Crippen molar-refractivity contribution in [2.45, 2.75) is 24.6 Å². The zero-order valence-electron chi connectivity index (χ0n) is 11.4. The van der Waals surface area contributed by atoms with Crippen LogP contribution >= 0.6 is 0 Å². The zero-order valence-corrected chi connectivity index (χ0v) is 11.4. The van der Waals surface area contributed by atoms with E-state index in [4.69, 9.17) is 4.74 Å². The van der Waals surface area contributed by atoms with Gasteiger partial charge in [-0.2, -0.15) is 0 Å². The van der Waals surface area contributed by atoms with Crippen molar-refractivity contribution in [3.63, 3.8) is 0 Å². The third-order valence-electron chi connectivity index (χ3n) is 4.39. The predicted molar refractivity (Wildman–Crippen MR) is 72.0 cm³/mol. The zero-order chi connectivity index (χ0) is 13.1. The second kappa shape index (κ2) is 5.85. The SMILES string of the molecule is O=C(C1CCCO1)C1(N2CCNCC2)CNCCN1. The summed E-state index contributed by atoms with van der Waals surface area (Å²) in [5.41, 5.74) is -0.560. The molecule has 3 aliphatic rings. The molecule has 3 heterocycles. The fourth-order valence-corrected chi connectivity index (χ4v) is 3.34. The lowest BCUT2D eigenvalue weighted by molar-refractivity contribution is -0.145. The van der Waals surface area contributed by atoms with Gasteiger partial charge in [-0.1, -0.05) is 0 Å². The number of carbonyl (C=O) groups excluding carboxylic acids is 1. The second-order valence-electron chi connectivity index (χ2n) is 5.57. The van der Waals surface area contributed by atoms with Crippen LogP contribution in [0.5, 0.6) is 0 Å². The summed E-state index contributed by atoms with van der Waals surface area (Å²) in [7, 11) is 0. The summed E-state index contributed by atoms with van der Waals surface area (Å²) in [5, 5.41) is 10.2. The Balaban J connectivity index is 1.80. The molecule has 3 N–H and O–H groups in total. The molecule has 0 bridgehead atoms. The van der Waals surface area contributed by atoms with Gasteiger partial charge >= 0.3 is 0 Å². The fraction of sp³-hybridized carbons (Fsp3) is 0.923. The van der Waals surface area contributed by atoms with E-state index in [1.807, 2.05) is 0 Å². The number of hydrogen-bond acceptors (Lipinski definition) is 6. The lowest BCUT2D eigenvalue weighted by atomic mass is 9.93. The van der Waals surface area contributed by atoms with Gasteiger partial charge in [-0.25, -0.2) is 0 Å². The first-order valence-corrected chi connectivity index (χ1v) is 7.40. The normalized spacial score (nSPS) is 37.4. The molecule has 0 saturated carbocycles. The van der Waals surface area contributed by atoms with Crippen LogP contribution in [-0.4, -0.2) is 74.9 Å². The summed E-state index contributed by atoms with van der Waals surface area (Å²) in [5.74, 6) is 0.221. The maximum Gasteiger partial charge on any atom is 0.197 e. The molecule has 6 nitrogen and oxygen atoms in total. The molecule has 0 spiro atoms. The van der Waals surface area contributed by atoms with Crippen molar-refractivity contribution in [2.75, 3.05) is 52.4 Å². The molecule has 108 valence electrons. The average molecular weight is 268 g/mol. The molecule has 3 saturated heterocycles. The first-order valence-electron chi connectivity index (χ1n) is 7.40. The monoisotopic (exact) mass is 268 g/mol. The highest BCUT2D eigenvalue weighted by molar-refractivity contribution is 5.92. The molecule has 19 heavy (non-hydrogen) atoms. The lowest BCUT2D eigenvalue weighted by Gasteiger charge is -2.48. The third kappa shape index (κ3) is 2.55. The van der Waals surface area contributed by atoms with E-state index in [0.29, 0.717) is 6.54 Å². The van der Waals surface area contributed by atoms with Crippen LogP contribution in [0.3, 0.4) is 0 Å². The number of nitrogens with zero attached hydrogens (tertiary/aromatic N) is 1. The number of hydrogen-bond donors (Lipinski definition) is 3. The standard InChI is InChI=1S/C13H24N4O2/c18-12(11-2-1-9-19-11)13(10-15-3-4-16-13)17-7-5-14-6-8-17/h11,14-16H,1-10H2. The number of rotatable bonds is 3. The Morgan fingerprint density at radius 2 is 2.00 bits per heavy atom. The number of ketones is 1. The summed E-state index contributed by atoms with van der Waals surface area (Å²) >= 11 is 0. The Morgan fingerprint density at radius 3 is 2.63 bits per heavy atom. The van der Waals surface area contributed by atoms with Gasteiger partial charge in [0.2, 0.25) is 0 Å². The van der Waals surface area contributed by atoms with Crippen LogP contribution in [0, 0.1) is 0 Å². The van der Waals surface area contributed by atoms with Crippen molar-refractivity contribution in [3.8, 4) is 0 Å². The lowest BCUT2D eigenvalue weighted by Crippen LogP contribution is -2.75. The Bertz CT molecular complexity index is 319. The van der Waals surface area contributed by atoms with Gasteiger partial charge in [-0.15, -0.1) is 0 Å². The van der Waals surface area contributed by atoms with Crippen LogP contribution < -0.4 is 16.0 Å². The molecule has 0 radical (unpaired) electrons. The van der Waals surface area contributed by atoms with E-state index in [2.05, 4.69) is 20.9 Å². The minimum absolute atomic E-state index is 0.220. The average Bonchev–Trinajstić information content (AvgIpc) is 3.02. The minimum atomic E-state index is -0.560. The molecule has 2 unspecified atom stereocenters. The first-order chi connectivity index (χ1) is 9.33. The molecular formula is C13H24N4O2. The van der Waals surface area contributed by atoms with Gasteiger partial charge < -0.3 is 15.4 Å². The van der Waals surface area contributed by atoms with E-state index in [1.54, 1.807) is 0 Å². The van der Waals surface area contributed by atoms with E-state index in [-0.39, 0.29) is 11.9 Å². The van der Waals surface area contributed by atoms with Crippen LogP contribution in [0.4, 0.5) is 0 Å². The molecule has 0 aromatic heterocycles. The topological polar surface area (TPSA) is 65.6 Å². The summed E-state index contributed by atoms with van der Waals surface area (Å²) in [6.45, 7) is 6.88. The van der Waals surface area contributed by atoms with E-state index in [9.17, 15) is 4.79 Å². The Kier molecular flexibility index (Phi) is 4.14. The van der Waals surface area contributed by atoms with Gasteiger partial charge in [-0.05, 0) is 12.8 Å². The first kappa shape index (κ1) is 13.5. The van der Waals surface area contributed by atoms with Gasteiger partial charge in [0.05, 0.1) is 0 Å². The van der Waals surface area contributed by atoms with E-state index >= 15 is 0 Å². The van der Waals surface area contributed by atoms with Crippen LogP contribution in [-0.2, 0) is 9.53 Å². The van der Waals surface area contributed by atoms with Crippen LogP contribution in [0.25, 0.3) is 0 Å².